The SMILES string of the molecule is Cc1cc(N)cc(S(=O)(=O)N(C)Cc2ccc(Cl)cc2)c1. The smallest absolute Gasteiger partial charge is 0.243 e. The van der Waals surface area contributed by atoms with E-state index in [-0.39, 0.29) is 11.4 Å². The zero-order valence-electron chi connectivity index (χ0n) is 11.9. The lowest BCUT2D eigenvalue weighted by molar-refractivity contribution is 0.466. The molecule has 0 unspecified atom stereocenters. The molecule has 112 valence electrons. The first kappa shape index (κ1) is 15.8. The summed E-state index contributed by atoms with van der Waals surface area (Å²) < 4.78 is 26.4. The molecule has 2 aromatic rings. The fourth-order valence-electron chi connectivity index (χ4n) is 2.04. The van der Waals surface area contributed by atoms with Gasteiger partial charge in [-0.05, 0) is 48.4 Å². The summed E-state index contributed by atoms with van der Waals surface area (Å²) in [6, 6.07) is 11.9. The summed E-state index contributed by atoms with van der Waals surface area (Å²) in [5.41, 5.74) is 7.85. The number of nitrogens with zero attached hydrogens (tertiary/aromatic N) is 1. The molecule has 0 saturated heterocycles. The molecule has 0 amide bonds. The molecular weight excluding hydrogens is 308 g/mol. The van der Waals surface area contributed by atoms with Gasteiger partial charge in [-0.1, -0.05) is 23.7 Å². The lowest BCUT2D eigenvalue weighted by Crippen LogP contribution is -2.26. The number of hydrogen-bond acceptors (Lipinski definition) is 3. The number of nitrogens with two attached hydrogens (primary N) is 1. The van der Waals surface area contributed by atoms with Crippen LogP contribution in [0.5, 0.6) is 0 Å². The number of aryl methyl sites for hydroxylation is 1. The molecule has 0 radical (unpaired) electrons. The molecule has 2 N–H and O–H groups in total. The second kappa shape index (κ2) is 6.05. The van der Waals surface area contributed by atoms with Crippen molar-refractivity contribution in [3.05, 3.63) is 58.6 Å². The van der Waals surface area contributed by atoms with Crippen molar-refractivity contribution in [2.75, 3.05) is 12.8 Å². The average molecular weight is 325 g/mol. The Labute approximate surface area is 130 Å². The number of halogens is 1. The van der Waals surface area contributed by atoms with E-state index in [0.717, 1.165) is 11.1 Å². The molecule has 2 rings (SSSR count). The first-order chi connectivity index (χ1) is 9.79. The fraction of sp³-hybridized carbons (Fsp3) is 0.200. The maximum absolute atomic E-state index is 12.6. The molecular formula is C15H17ClN2O2S. The van der Waals surface area contributed by atoms with Crippen molar-refractivity contribution < 1.29 is 8.42 Å². The normalized spacial score (nSPS) is 11.8. The second-order valence-corrected chi connectivity index (χ2v) is 7.45. The number of rotatable bonds is 4. The number of nitrogen functional groups attached to an aromatic ring is 1. The van der Waals surface area contributed by atoms with Crippen LogP contribution in [0.2, 0.25) is 5.02 Å². The van der Waals surface area contributed by atoms with Crippen molar-refractivity contribution >= 4 is 27.3 Å². The molecule has 0 aliphatic carbocycles. The Morgan fingerprint density at radius 2 is 1.76 bits per heavy atom. The molecule has 6 heteroatoms. The summed E-state index contributed by atoms with van der Waals surface area (Å²) in [6.45, 7) is 2.09. The van der Waals surface area contributed by atoms with Crippen LogP contribution in [-0.4, -0.2) is 19.8 Å². The van der Waals surface area contributed by atoms with Crippen LogP contribution in [0.3, 0.4) is 0 Å². The Morgan fingerprint density at radius 1 is 1.14 bits per heavy atom. The maximum atomic E-state index is 12.6. The summed E-state index contributed by atoms with van der Waals surface area (Å²) in [5.74, 6) is 0. The lowest BCUT2D eigenvalue weighted by Gasteiger charge is -2.18. The monoisotopic (exact) mass is 324 g/mol. The average Bonchev–Trinajstić information content (AvgIpc) is 2.40. The van der Waals surface area contributed by atoms with E-state index in [1.54, 1.807) is 43.4 Å². The minimum absolute atomic E-state index is 0.205. The van der Waals surface area contributed by atoms with E-state index < -0.39 is 10.0 Å². The van der Waals surface area contributed by atoms with Crippen molar-refractivity contribution in [1.82, 2.24) is 4.31 Å². The highest BCUT2D eigenvalue weighted by Crippen LogP contribution is 2.21. The number of hydrogen-bond donors (Lipinski definition) is 1. The molecule has 0 heterocycles. The van der Waals surface area contributed by atoms with E-state index in [2.05, 4.69) is 0 Å². The number of sulfonamides is 1. The van der Waals surface area contributed by atoms with Crippen molar-refractivity contribution in [2.45, 2.75) is 18.4 Å². The lowest BCUT2D eigenvalue weighted by atomic mass is 10.2. The third-order valence-corrected chi connectivity index (χ3v) is 5.13. The van der Waals surface area contributed by atoms with E-state index in [4.69, 9.17) is 17.3 Å². The Kier molecular flexibility index (Phi) is 4.56. The van der Waals surface area contributed by atoms with Gasteiger partial charge in [-0.3, -0.25) is 0 Å². The minimum atomic E-state index is -3.57. The number of benzene rings is 2. The van der Waals surface area contributed by atoms with Gasteiger partial charge in [0, 0.05) is 24.3 Å². The Hall–Kier alpha value is -1.56. The fourth-order valence-corrected chi connectivity index (χ4v) is 3.46. The maximum Gasteiger partial charge on any atom is 0.243 e. The van der Waals surface area contributed by atoms with E-state index in [0.29, 0.717) is 10.7 Å². The summed E-state index contributed by atoms with van der Waals surface area (Å²) >= 11 is 5.82. The molecule has 4 nitrogen and oxygen atoms in total. The highest BCUT2D eigenvalue weighted by Gasteiger charge is 2.21. The van der Waals surface area contributed by atoms with Gasteiger partial charge < -0.3 is 5.73 Å². The quantitative estimate of drug-likeness (QED) is 0.879. The second-order valence-electron chi connectivity index (χ2n) is 4.97. The first-order valence-electron chi connectivity index (χ1n) is 6.37. The largest absolute Gasteiger partial charge is 0.399 e. The zero-order chi connectivity index (χ0) is 15.6. The Balaban J connectivity index is 2.28. The van der Waals surface area contributed by atoms with Gasteiger partial charge in [0.1, 0.15) is 0 Å². The van der Waals surface area contributed by atoms with Crippen molar-refractivity contribution in [2.24, 2.45) is 0 Å². The molecule has 0 saturated carbocycles. The van der Waals surface area contributed by atoms with Crippen LogP contribution in [0.1, 0.15) is 11.1 Å². The number of anilines is 1. The van der Waals surface area contributed by atoms with E-state index >= 15 is 0 Å². The molecule has 0 aromatic heterocycles. The Bertz CT molecular complexity index is 723. The topological polar surface area (TPSA) is 63.4 Å². The van der Waals surface area contributed by atoms with Gasteiger partial charge in [-0.2, -0.15) is 4.31 Å². The van der Waals surface area contributed by atoms with Crippen LogP contribution < -0.4 is 5.73 Å². The summed E-state index contributed by atoms with van der Waals surface area (Å²) in [4.78, 5) is 0.205. The molecule has 2 aromatic carbocycles. The summed E-state index contributed by atoms with van der Waals surface area (Å²) in [5, 5.41) is 0.621. The van der Waals surface area contributed by atoms with Crippen molar-refractivity contribution in [1.29, 1.82) is 0 Å². The molecule has 0 atom stereocenters. The van der Waals surface area contributed by atoms with Gasteiger partial charge in [-0.25, -0.2) is 8.42 Å². The van der Waals surface area contributed by atoms with Gasteiger partial charge in [0.25, 0.3) is 0 Å². The third-order valence-electron chi connectivity index (χ3n) is 3.10. The van der Waals surface area contributed by atoms with Crippen LogP contribution in [0.4, 0.5) is 5.69 Å². The summed E-state index contributed by atoms with van der Waals surface area (Å²) in [7, 11) is -2.03. The van der Waals surface area contributed by atoms with Crippen LogP contribution in [0.15, 0.2) is 47.4 Å². The molecule has 0 fully saturated rings. The van der Waals surface area contributed by atoms with Gasteiger partial charge in [0.2, 0.25) is 10.0 Å². The molecule has 0 aliphatic rings. The van der Waals surface area contributed by atoms with Crippen molar-refractivity contribution in [3.63, 3.8) is 0 Å². The zero-order valence-corrected chi connectivity index (χ0v) is 13.4. The van der Waals surface area contributed by atoms with Crippen LogP contribution in [0, 0.1) is 6.92 Å². The predicted molar refractivity (Wildman–Crippen MR) is 85.7 cm³/mol. The third kappa shape index (κ3) is 3.75. The minimum Gasteiger partial charge on any atom is -0.399 e. The molecule has 0 aliphatic heterocycles. The molecule has 0 bridgehead atoms. The first-order valence-corrected chi connectivity index (χ1v) is 8.19. The van der Waals surface area contributed by atoms with Gasteiger partial charge >= 0.3 is 0 Å². The van der Waals surface area contributed by atoms with Crippen LogP contribution >= 0.6 is 11.6 Å². The van der Waals surface area contributed by atoms with E-state index in [1.165, 1.54) is 10.4 Å². The summed E-state index contributed by atoms with van der Waals surface area (Å²) in [6.07, 6.45) is 0. The standard InChI is InChI=1S/C15H17ClN2O2S/c1-11-7-14(17)9-15(8-11)21(19,20)18(2)10-12-3-5-13(16)6-4-12/h3-9H,10,17H2,1-2H3. The van der Waals surface area contributed by atoms with Crippen LogP contribution in [-0.2, 0) is 16.6 Å². The van der Waals surface area contributed by atoms with E-state index in [1.807, 2.05) is 6.92 Å². The highest BCUT2D eigenvalue weighted by molar-refractivity contribution is 7.89. The van der Waals surface area contributed by atoms with Crippen LogP contribution in [0.25, 0.3) is 0 Å². The van der Waals surface area contributed by atoms with Crippen molar-refractivity contribution in [3.8, 4) is 0 Å². The molecule has 0 spiro atoms. The predicted octanol–water partition coefficient (Wildman–Crippen LogP) is 3.05. The Morgan fingerprint density at radius 3 is 2.33 bits per heavy atom. The molecule has 21 heavy (non-hydrogen) atoms. The van der Waals surface area contributed by atoms with Gasteiger partial charge in [0.15, 0.2) is 0 Å². The van der Waals surface area contributed by atoms with Gasteiger partial charge in [-0.15, -0.1) is 0 Å². The van der Waals surface area contributed by atoms with E-state index in [9.17, 15) is 8.42 Å². The highest BCUT2D eigenvalue weighted by atomic mass is 35.5. The van der Waals surface area contributed by atoms with Gasteiger partial charge in [0.05, 0.1) is 4.90 Å².